The van der Waals surface area contributed by atoms with Gasteiger partial charge >= 0.3 is 6.18 Å². The lowest BCUT2D eigenvalue weighted by Crippen LogP contribution is -2.43. The number of carbonyl (C=O) groups is 1. The summed E-state index contributed by atoms with van der Waals surface area (Å²) >= 11 is 0. The number of rotatable bonds is 7. The van der Waals surface area contributed by atoms with Crippen LogP contribution in [0.4, 0.5) is 13.2 Å². The second kappa shape index (κ2) is 7.45. The van der Waals surface area contributed by atoms with Crippen LogP contribution in [0, 0.1) is 11.8 Å². The van der Waals surface area contributed by atoms with E-state index in [1.54, 1.807) is 4.90 Å². The number of nitrogens with one attached hydrogen (secondary N) is 1. The van der Waals surface area contributed by atoms with Crippen LogP contribution in [-0.4, -0.2) is 48.9 Å². The first-order valence-corrected chi connectivity index (χ1v) is 7.38. The number of ether oxygens (including phenoxy) is 1. The van der Waals surface area contributed by atoms with Crippen LogP contribution in [0.1, 0.15) is 34.1 Å². The maximum atomic E-state index is 12.4. The summed E-state index contributed by atoms with van der Waals surface area (Å²) in [5.41, 5.74) is 0. The predicted octanol–water partition coefficient (Wildman–Crippen LogP) is 2.39. The third-order valence-corrected chi connectivity index (χ3v) is 3.82. The summed E-state index contributed by atoms with van der Waals surface area (Å²) in [7, 11) is 0. The third kappa shape index (κ3) is 5.14. The zero-order valence-corrected chi connectivity index (χ0v) is 13.0. The van der Waals surface area contributed by atoms with E-state index >= 15 is 0 Å². The van der Waals surface area contributed by atoms with Crippen LogP contribution in [0.3, 0.4) is 0 Å². The standard InChI is InChI=1S/C14H25F3N2O2/c1-5-10(4)11-13(20)19(12(18-11)9(2)3)6-7-21-8-14(15,16)17/h9-12,18H,5-8H2,1-4H3. The van der Waals surface area contributed by atoms with E-state index in [1.165, 1.54) is 0 Å². The first kappa shape index (κ1) is 18.2. The summed E-state index contributed by atoms with van der Waals surface area (Å²) in [4.78, 5) is 14.0. The molecule has 1 amide bonds. The van der Waals surface area contributed by atoms with E-state index in [9.17, 15) is 18.0 Å². The highest BCUT2D eigenvalue weighted by Crippen LogP contribution is 2.23. The molecule has 1 N–H and O–H groups in total. The van der Waals surface area contributed by atoms with Crippen LogP contribution in [0.25, 0.3) is 0 Å². The van der Waals surface area contributed by atoms with E-state index in [0.717, 1.165) is 6.42 Å². The highest BCUT2D eigenvalue weighted by atomic mass is 19.4. The maximum absolute atomic E-state index is 12.4. The van der Waals surface area contributed by atoms with Crippen molar-refractivity contribution in [2.75, 3.05) is 19.8 Å². The topological polar surface area (TPSA) is 41.6 Å². The first-order chi connectivity index (χ1) is 9.67. The summed E-state index contributed by atoms with van der Waals surface area (Å²) in [6.45, 7) is 6.77. The van der Waals surface area contributed by atoms with Gasteiger partial charge in [0, 0.05) is 6.54 Å². The number of amides is 1. The van der Waals surface area contributed by atoms with Crippen LogP contribution >= 0.6 is 0 Å². The van der Waals surface area contributed by atoms with Crippen molar-refractivity contribution in [1.29, 1.82) is 0 Å². The Morgan fingerprint density at radius 2 is 1.95 bits per heavy atom. The quantitative estimate of drug-likeness (QED) is 0.734. The van der Waals surface area contributed by atoms with Gasteiger partial charge in [0.05, 0.1) is 18.8 Å². The van der Waals surface area contributed by atoms with Gasteiger partial charge in [-0.2, -0.15) is 13.2 Å². The smallest absolute Gasteiger partial charge is 0.370 e. The van der Waals surface area contributed by atoms with Gasteiger partial charge in [0.25, 0.3) is 0 Å². The molecule has 1 aliphatic heterocycles. The summed E-state index contributed by atoms with van der Waals surface area (Å²) in [5, 5.41) is 3.30. The molecule has 124 valence electrons. The highest BCUT2D eigenvalue weighted by Gasteiger charge is 2.41. The Labute approximate surface area is 124 Å². The Morgan fingerprint density at radius 1 is 1.33 bits per heavy atom. The zero-order valence-electron chi connectivity index (χ0n) is 13.0. The van der Waals surface area contributed by atoms with Crippen molar-refractivity contribution in [2.45, 2.75) is 52.5 Å². The molecule has 0 saturated carbocycles. The maximum Gasteiger partial charge on any atom is 0.411 e. The fraction of sp³-hybridized carbons (Fsp3) is 0.929. The number of alkyl halides is 3. The lowest BCUT2D eigenvalue weighted by atomic mass is 9.99. The molecule has 1 aliphatic rings. The minimum Gasteiger partial charge on any atom is -0.370 e. The minimum atomic E-state index is -4.33. The minimum absolute atomic E-state index is 0.0429. The largest absolute Gasteiger partial charge is 0.411 e. The van der Waals surface area contributed by atoms with Crippen molar-refractivity contribution >= 4 is 5.91 Å². The fourth-order valence-electron chi connectivity index (χ4n) is 2.46. The van der Waals surface area contributed by atoms with Gasteiger partial charge in [-0.3, -0.25) is 10.1 Å². The van der Waals surface area contributed by atoms with Gasteiger partial charge in [0.2, 0.25) is 5.91 Å². The van der Waals surface area contributed by atoms with Crippen molar-refractivity contribution in [1.82, 2.24) is 10.2 Å². The van der Waals surface area contributed by atoms with E-state index in [-0.39, 0.29) is 43.1 Å². The molecule has 0 aliphatic carbocycles. The molecule has 3 unspecified atom stereocenters. The molecule has 4 nitrogen and oxygen atoms in total. The molecule has 1 heterocycles. The summed E-state index contributed by atoms with van der Waals surface area (Å²) < 4.78 is 40.7. The van der Waals surface area contributed by atoms with Crippen LogP contribution in [-0.2, 0) is 9.53 Å². The van der Waals surface area contributed by atoms with Crippen molar-refractivity contribution in [3.8, 4) is 0 Å². The second-order valence-corrected chi connectivity index (χ2v) is 5.92. The molecule has 0 bridgehead atoms. The molecule has 0 spiro atoms. The van der Waals surface area contributed by atoms with Crippen molar-refractivity contribution in [2.24, 2.45) is 11.8 Å². The number of halogens is 3. The Morgan fingerprint density at radius 3 is 2.43 bits per heavy atom. The van der Waals surface area contributed by atoms with Gasteiger partial charge in [0.1, 0.15) is 6.61 Å². The molecule has 1 rings (SSSR count). The number of nitrogens with zero attached hydrogens (tertiary/aromatic N) is 1. The lowest BCUT2D eigenvalue weighted by molar-refractivity contribution is -0.175. The van der Waals surface area contributed by atoms with Crippen molar-refractivity contribution < 1.29 is 22.7 Å². The molecule has 0 radical (unpaired) electrons. The molecule has 3 atom stereocenters. The average molecular weight is 310 g/mol. The first-order valence-electron chi connectivity index (χ1n) is 7.38. The SMILES string of the molecule is CCC(C)C1NC(C(C)C)N(CCOCC(F)(F)F)C1=O. The van der Waals surface area contributed by atoms with Gasteiger partial charge in [0.15, 0.2) is 0 Å². The fourth-order valence-corrected chi connectivity index (χ4v) is 2.46. The molecular weight excluding hydrogens is 285 g/mol. The van der Waals surface area contributed by atoms with Crippen molar-refractivity contribution in [3.05, 3.63) is 0 Å². The molecular formula is C14H25F3N2O2. The van der Waals surface area contributed by atoms with Crippen LogP contribution in [0.5, 0.6) is 0 Å². The molecule has 21 heavy (non-hydrogen) atoms. The molecule has 0 aromatic heterocycles. The van der Waals surface area contributed by atoms with Crippen LogP contribution in [0.2, 0.25) is 0 Å². The Hall–Kier alpha value is -0.820. The lowest BCUT2D eigenvalue weighted by Gasteiger charge is -2.27. The molecule has 0 aromatic rings. The van der Waals surface area contributed by atoms with Crippen LogP contribution in [0.15, 0.2) is 0 Å². The second-order valence-electron chi connectivity index (χ2n) is 5.92. The Bertz CT molecular complexity index is 348. The molecule has 1 fully saturated rings. The van der Waals surface area contributed by atoms with Crippen molar-refractivity contribution in [3.63, 3.8) is 0 Å². The number of hydrogen-bond donors (Lipinski definition) is 1. The third-order valence-electron chi connectivity index (χ3n) is 3.82. The van der Waals surface area contributed by atoms with E-state index in [0.29, 0.717) is 0 Å². The Kier molecular flexibility index (Phi) is 6.46. The normalized spacial score (nSPS) is 25.0. The van der Waals surface area contributed by atoms with Gasteiger partial charge in [-0.25, -0.2) is 0 Å². The molecule has 0 aromatic carbocycles. The van der Waals surface area contributed by atoms with E-state index in [2.05, 4.69) is 10.1 Å². The Balaban J connectivity index is 2.58. The van der Waals surface area contributed by atoms with Gasteiger partial charge in [-0.15, -0.1) is 0 Å². The van der Waals surface area contributed by atoms with E-state index in [1.807, 2.05) is 27.7 Å². The summed E-state index contributed by atoms with van der Waals surface area (Å²) in [6, 6.07) is -0.259. The molecule has 1 saturated heterocycles. The van der Waals surface area contributed by atoms with Crippen LogP contribution < -0.4 is 5.32 Å². The van der Waals surface area contributed by atoms with Gasteiger partial charge < -0.3 is 9.64 Å². The molecule has 7 heteroatoms. The zero-order chi connectivity index (χ0) is 16.2. The van der Waals surface area contributed by atoms with E-state index < -0.39 is 12.8 Å². The number of carbonyl (C=O) groups excluding carboxylic acids is 1. The predicted molar refractivity (Wildman–Crippen MR) is 73.6 cm³/mol. The average Bonchev–Trinajstić information content (AvgIpc) is 2.70. The summed E-state index contributed by atoms with van der Waals surface area (Å²) in [5.74, 6) is 0.337. The van der Waals surface area contributed by atoms with Gasteiger partial charge in [-0.1, -0.05) is 34.1 Å². The van der Waals surface area contributed by atoms with Gasteiger partial charge in [-0.05, 0) is 11.8 Å². The highest BCUT2D eigenvalue weighted by molar-refractivity contribution is 5.84. The monoisotopic (exact) mass is 310 g/mol. The number of hydrogen-bond acceptors (Lipinski definition) is 3. The van der Waals surface area contributed by atoms with E-state index in [4.69, 9.17) is 0 Å². The summed E-state index contributed by atoms with van der Waals surface area (Å²) in [6.07, 6.45) is -3.61.